The Labute approximate surface area is 159 Å². The van der Waals surface area contributed by atoms with Gasteiger partial charge in [0.1, 0.15) is 6.61 Å². The molecule has 2 aromatic rings. The molecule has 0 spiro atoms. The Hall–Kier alpha value is -2.05. The van der Waals surface area contributed by atoms with Crippen LogP contribution in [0.5, 0.6) is 11.5 Å². The number of carbonyl (C=O) groups is 1. The zero-order valence-corrected chi connectivity index (χ0v) is 16.6. The van der Waals surface area contributed by atoms with Crippen LogP contribution in [0.25, 0.3) is 0 Å². The molecule has 0 bridgehead atoms. The smallest absolute Gasteiger partial charge is 0.239 e. The molecule has 142 valence electrons. The Kier molecular flexibility index (Phi) is 7.94. The van der Waals surface area contributed by atoms with Crippen LogP contribution in [0.1, 0.15) is 37.1 Å². The van der Waals surface area contributed by atoms with Gasteiger partial charge in [-0.3, -0.25) is 4.79 Å². The lowest BCUT2D eigenvalue weighted by atomic mass is 10.1. The second-order valence-electron chi connectivity index (χ2n) is 6.10. The van der Waals surface area contributed by atoms with E-state index in [-0.39, 0.29) is 5.91 Å². The van der Waals surface area contributed by atoms with Gasteiger partial charge in [-0.05, 0) is 42.5 Å². The summed E-state index contributed by atoms with van der Waals surface area (Å²) in [5.74, 6) is 1.36. The van der Waals surface area contributed by atoms with E-state index in [0.29, 0.717) is 37.6 Å². The summed E-state index contributed by atoms with van der Waals surface area (Å²) in [7, 11) is 1.62. The molecule has 26 heavy (non-hydrogen) atoms. The molecule has 0 saturated heterocycles. The minimum atomic E-state index is -0.435. The Morgan fingerprint density at radius 2 is 2.08 bits per heavy atom. The highest BCUT2D eigenvalue weighted by Gasteiger charge is 2.19. The Bertz CT molecular complexity index is 688. The van der Waals surface area contributed by atoms with Gasteiger partial charge in [-0.25, -0.2) is 0 Å². The minimum Gasteiger partial charge on any atom is -0.493 e. The third-order valence-electron chi connectivity index (χ3n) is 4.16. The molecule has 1 heterocycles. The fourth-order valence-electron chi connectivity index (χ4n) is 2.71. The summed E-state index contributed by atoms with van der Waals surface area (Å²) in [6.07, 6.45) is 1.60. The zero-order chi connectivity index (χ0) is 18.9. The number of carbonyl (C=O) groups excluding carboxylic acids is 1. The van der Waals surface area contributed by atoms with Crippen LogP contribution in [0.4, 0.5) is 0 Å². The molecule has 6 heteroatoms. The Morgan fingerprint density at radius 3 is 2.69 bits per heavy atom. The second kappa shape index (κ2) is 10.2. The number of methoxy groups -OCH3 is 1. The Balaban J connectivity index is 2.05. The quantitative estimate of drug-likeness (QED) is 0.685. The monoisotopic (exact) mass is 376 g/mol. The number of rotatable bonds is 10. The Morgan fingerprint density at radius 1 is 1.27 bits per heavy atom. The third kappa shape index (κ3) is 5.47. The molecular formula is C20H28N2O3S. The average molecular weight is 377 g/mol. The maximum Gasteiger partial charge on any atom is 0.239 e. The fraction of sp³-hybridized carbons (Fsp3) is 0.450. The van der Waals surface area contributed by atoms with Crippen molar-refractivity contribution in [2.75, 3.05) is 13.7 Å². The fourth-order valence-corrected chi connectivity index (χ4v) is 3.32. The number of benzene rings is 1. The number of ether oxygens (including phenoxy) is 2. The van der Waals surface area contributed by atoms with Crippen molar-refractivity contribution < 1.29 is 14.3 Å². The van der Waals surface area contributed by atoms with E-state index in [2.05, 4.69) is 0 Å². The molecule has 1 atom stereocenters. The van der Waals surface area contributed by atoms with Crippen LogP contribution in [-0.2, 0) is 17.9 Å². The summed E-state index contributed by atoms with van der Waals surface area (Å²) in [4.78, 5) is 15.4. The van der Waals surface area contributed by atoms with Crippen LogP contribution >= 0.6 is 11.3 Å². The van der Waals surface area contributed by atoms with Crippen LogP contribution in [0, 0.1) is 0 Å². The predicted molar refractivity (Wildman–Crippen MR) is 106 cm³/mol. The van der Waals surface area contributed by atoms with Gasteiger partial charge in [0.2, 0.25) is 5.91 Å². The highest BCUT2D eigenvalue weighted by Crippen LogP contribution is 2.29. The van der Waals surface area contributed by atoms with Crippen molar-refractivity contribution in [3.8, 4) is 11.5 Å². The normalized spacial score (nSPS) is 11.8. The molecule has 1 unspecified atom stereocenters. The number of hydrogen-bond acceptors (Lipinski definition) is 5. The standard InChI is InChI=1S/C20H28N2O3S/c1-4-7-17(21)20(23)22(5-2)13-15-9-10-18(19(12-15)24-3)25-14-16-8-6-11-26-16/h6,8-12,17H,4-5,7,13-14,21H2,1-3H3. The molecule has 0 saturated carbocycles. The molecule has 2 N–H and O–H groups in total. The highest BCUT2D eigenvalue weighted by molar-refractivity contribution is 7.09. The zero-order valence-electron chi connectivity index (χ0n) is 15.7. The number of likely N-dealkylation sites (N-methyl/N-ethyl adjacent to an activating group) is 1. The molecule has 0 aliphatic carbocycles. The number of nitrogens with zero attached hydrogens (tertiary/aromatic N) is 1. The van der Waals surface area contributed by atoms with Gasteiger partial charge in [-0.15, -0.1) is 11.3 Å². The van der Waals surface area contributed by atoms with Crippen LogP contribution in [0.15, 0.2) is 35.7 Å². The molecular weight excluding hydrogens is 348 g/mol. The van der Waals surface area contributed by atoms with Crippen molar-refractivity contribution in [2.45, 2.75) is 45.9 Å². The van der Waals surface area contributed by atoms with Crippen LogP contribution in [0.2, 0.25) is 0 Å². The largest absolute Gasteiger partial charge is 0.493 e. The van der Waals surface area contributed by atoms with E-state index in [9.17, 15) is 4.79 Å². The third-order valence-corrected chi connectivity index (χ3v) is 5.01. The lowest BCUT2D eigenvalue weighted by molar-refractivity contribution is -0.133. The van der Waals surface area contributed by atoms with E-state index in [1.807, 2.05) is 49.6 Å². The summed E-state index contributed by atoms with van der Waals surface area (Å²) in [6, 6.07) is 9.39. The van der Waals surface area contributed by atoms with Gasteiger partial charge in [0.15, 0.2) is 11.5 Å². The molecule has 2 rings (SSSR count). The number of thiophene rings is 1. The van der Waals surface area contributed by atoms with Gasteiger partial charge in [-0.1, -0.05) is 25.5 Å². The van der Waals surface area contributed by atoms with Gasteiger partial charge in [-0.2, -0.15) is 0 Å². The van der Waals surface area contributed by atoms with Gasteiger partial charge in [0.05, 0.1) is 13.2 Å². The van der Waals surface area contributed by atoms with Crippen molar-refractivity contribution in [1.82, 2.24) is 4.90 Å². The van der Waals surface area contributed by atoms with E-state index >= 15 is 0 Å². The van der Waals surface area contributed by atoms with E-state index in [4.69, 9.17) is 15.2 Å². The number of amides is 1. The van der Waals surface area contributed by atoms with E-state index in [1.54, 1.807) is 23.3 Å². The van der Waals surface area contributed by atoms with Gasteiger partial charge < -0.3 is 20.1 Å². The van der Waals surface area contributed by atoms with Crippen LogP contribution < -0.4 is 15.2 Å². The lowest BCUT2D eigenvalue weighted by Gasteiger charge is -2.24. The molecule has 1 aromatic carbocycles. The van der Waals surface area contributed by atoms with Gasteiger partial charge in [0.25, 0.3) is 0 Å². The van der Waals surface area contributed by atoms with Crippen LogP contribution in [0.3, 0.4) is 0 Å². The number of nitrogens with two attached hydrogens (primary N) is 1. The summed E-state index contributed by atoms with van der Waals surface area (Å²) in [5, 5.41) is 2.03. The highest BCUT2D eigenvalue weighted by atomic mass is 32.1. The topological polar surface area (TPSA) is 64.8 Å². The summed E-state index contributed by atoms with van der Waals surface area (Å²) in [5.41, 5.74) is 6.98. The first-order valence-corrected chi connectivity index (χ1v) is 9.83. The van der Waals surface area contributed by atoms with Crippen molar-refractivity contribution in [3.63, 3.8) is 0 Å². The SMILES string of the molecule is CCCC(N)C(=O)N(CC)Cc1ccc(OCc2cccs2)c(OC)c1. The van der Waals surface area contributed by atoms with Gasteiger partial charge >= 0.3 is 0 Å². The molecule has 0 fully saturated rings. The first-order chi connectivity index (χ1) is 12.6. The number of hydrogen-bond donors (Lipinski definition) is 1. The van der Waals surface area contributed by atoms with Crippen molar-refractivity contribution >= 4 is 17.2 Å². The molecule has 1 amide bonds. The summed E-state index contributed by atoms with van der Waals surface area (Å²) < 4.78 is 11.3. The molecule has 1 aromatic heterocycles. The van der Waals surface area contributed by atoms with Crippen molar-refractivity contribution in [2.24, 2.45) is 5.73 Å². The molecule has 0 aliphatic heterocycles. The predicted octanol–water partition coefficient (Wildman–Crippen LogP) is 3.81. The molecule has 5 nitrogen and oxygen atoms in total. The van der Waals surface area contributed by atoms with Gasteiger partial charge in [0, 0.05) is 18.0 Å². The first-order valence-electron chi connectivity index (χ1n) is 8.95. The lowest BCUT2D eigenvalue weighted by Crippen LogP contribution is -2.43. The van der Waals surface area contributed by atoms with E-state index < -0.39 is 6.04 Å². The molecule has 0 radical (unpaired) electrons. The average Bonchev–Trinajstić information content (AvgIpc) is 3.18. The van der Waals surface area contributed by atoms with Crippen molar-refractivity contribution in [1.29, 1.82) is 0 Å². The van der Waals surface area contributed by atoms with E-state index in [0.717, 1.165) is 16.9 Å². The minimum absolute atomic E-state index is 0.00802. The first kappa shape index (κ1) is 20.3. The van der Waals surface area contributed by atoms with Crippen LogP contribution in [-0.4, -0.2) is 30.5 Å². The van der Waals surface area contributed by atoms with E-state index in [1.165, 1.54) is 0 Å². The maximum atomic E-state index is 12.5. The summed E-state index contributed by atoms with van der Waals surface area (Å²) >= 11 is 1.66. The molecule has 0 aliphatic rings. The summed E-state index contributed by atoms with van der Waals surface area (Å²) in [6.45, 7) is 5.64. The maximum absolute atomic E-state index is 12.5. The van der Waals surface area contributed by atoms with Crippen molar-refractivity contribution in [3.05, 3.63) is 46.2 Å². The second-order valence-corrected chi connectivity index (χ2v) is 7.13.